The van der Waals surface area contributed by atoms with Crippen LogP contribution in [0.4, 0.5) is 0 Å². The highest BCUT2D eigenvalue weighted by Gasteiger charge is 2.34. The van der Waals surface area contributed by atoms with Crippen LogP contribution in [0.2, 0.25) is 0 Å². The molecule has 1 aliphatic rings. The molecule has 1 aliphatic carbocycles. The molecule has 1 saturated carbocycles. The molecule has 0 aromatic rings. The van der Waals surface area contributed by atoms with Gasteiger partial charge in [-0.05, 0) is 31.1 Å². The van der Waals surface area contributed by atoms with Crippen LogP contribution in [0, 0.1) is 11.8 Å². The third-order valence-electron chi connectivity index (χ3n) is 3.41. The zero-order valence-electron chi connectivity index (χ0n) is 10.0. The van der Waals surface area contributed by atoms with Crippen LogP contribution in [0.25, 0.3) is 0 Å². The van der Waals surface area contributed by atoms with E-state index in [1.807, 2.05) is 0 Å². The minimum Gasteiger partial charge on any atom is -0.396 e. The summed E-state index contributed by atoms with van der Waals surface area (Å²) in [5.41, 5.74) is 0. The van der Waals surface area contributed by atoms with Crippen molar-refractivity contribution >= 4 is 0 Å². The van der Waals surface area contributed by atoms with Gasteiger partial charge >= 0.3 is 0 Å². The van der Waals surface area contributed by atoms with Crippen molar-refractivity contribution in [3.05, 3.63) is 0 Å². The van der Waals surface area contributed by atoms with E-state index in [1.165, 1.54) is 0 Å². The van der Waals surface area contributed by atoms with Crippen molar-refractivity contribution in [1.29, 1.82) is 0 Å². The summed E-state index contributed by atoms with van der Waals surface area (Å²) >= 11 is 0. The number of ether oxygens (including phenoxy) is 1. The van der Waals surface area contributed by atoms with Crippen LogP contribution in [0.5, 0.6) is 0 Å². The van der Waals surface area contributed by atoms with Crippen LogP contribution in [-0.2, 0) is 4.74 Å². The molecule has 0 radical (unpaired) electrons. The molecule has 0 bridgehead atoms. The average molecular weight is 232 g/mol. The predicted molar refractivity (Wildman–Crippen MR) is 61.0 cm³/mol. The SMILES string of the molecule is CCCCOC[C@H]1CC(O)C(O)C[C@@H]1CO. The molecule has 0 aromatic carbocycles. The van der Waals surface area contributed by atoms with Crippen LogP contribution in [0.1, 0.15) is 32.6 Å². The van der Waals surface area contributed by atoms with E-state index in [-0.39, 0.29) is 18.4 Å². The van der Waals surface area contributed by atoms with Crippen LogP contribution >= 0.6 is 0 Å². The van der Waals surface area contributed by atoms with Crippen LogP contribution in [0.15, 0.2) is 0 Å². The Labute approximate surface area is 97.2 Å². The standard InChI is InChI=1S/C12H24O4/c1-2-3-4-16-8-10-6-12(15)11(14)5-9(10)7-13/h9-15H,2-8H2,1H3/t9-,10-,11?,12?/m1/s1. The normalized spacial score (nSPS) is 35.2. The van der Waals surface area contributed by atoms with E-state index in [0.717, 1.165) is 19.4 Å². The topological polar surface area (TPSA) is 69.9 Å². The van der Waals surface area contributed by atoms with E-state index in [0.29, 0.717) is 19.4 Å². The van der Waals surface area contributed by atoms with E-state index < -0.39 is 12.2 Å². The molecule has 2 unspecified atom stereocenters. The van der Waals surface area contributed by atoms with Crippen molar-refractivity contribution in [2.75, 3.05) is 19.8 Å². The second kappa shape index (κ2) is 7.22. The predicted octanol–water partition coefficient (Wildman–Crippen LogP) is 0.543. The minimum absolute atomic E-state index is 0.0556. The molecule has 0 amide bonds. The first-order valence-electron chi connectivity index (χ1n) is 6.23. The van der Waals surface area contributed by atoms with Gasteiger partial charge in [0, 0.05) is 19.8 Å². The van der Waals surface area contributed by atoms with Gasteiger partial charge in [-0.2, -0.15) is 0 Å². The molecule has 0 aliphatic heterocycles. The molecule has 16 heavy (non-hydrogen) atoms. The van der Waals surface area contributed by atoms with Gasteiger partial charge in [0.1, 0.15) is 0 Å². The van der Waals surface area contributed by atoms with Gasteiger partial charge in [-0.3, -0.25) is 0 Å². The Balaban J connectivity index is 2.31. The number of unbranched alkanes of at least 4 members (excludes halogenated alkanes) is 1. The summed E-state index contributed by atoms with van der Waals surface area (Å²) in [6.45, 7) is 3.49. The molecule has 0 aromatic heterocycles. The molecule has 0 saturated heterocycles. The van der Waals surface area contributed by atoms with Gasteiger partial charge in [0.25, 0.3) is 0 Å². The third-order valence-corrected chi connectivity index (χ3v) is 3.41. The van der Waals surface area contributed by atoms with E-state index in [2.05, 4.69) is 6.92 Å². The molecule has 4 atom stereocenters. The molecule has 3 N–H and O–H groups in total. The lowest BCUT2D eigenvalue weighted by Gasteiger charge is -2.36. The highest BCUT2D eigenvalue weighted by Crippen LogP contribution is 2.30. The summed E-state index contributed by atoms with van der Waals surface area (Å²) in [4.78, 5) is 0. The molecule has 1 fully saturated rings. The fraction of sp³-hybridized carbons (Fsp3) is 1.00. The number of hydrogen-bond acceptors (Lipinski definition) is 4. The Morgan fingerprint density at radius 3 is 2.31 bits per heavy atom. The van der Waals surface area contributed by atoms with E-state index >= 15 is 0 Å². The summed E-state index contributed by atoms with van der Waals surface area (Å²) in [5, 5.41) is 28.3. The summed E-state index contributed by atoms with van der Waals surface area (Å²) < 4.78 is 5.53. The highest BCUT2D eigenvalue weighted by atomic mass is 16.5. The second-order valence-electron chi connectivity index (χ2n) is 4.74. The van der Waals surface area contributed by atoms with E-state index in [9.17, 15) is 15.3 Å². The quantitative estimate of drug-likeness (QED) is 0.585. The largest absolute Gasteiger partial charge is 0.396 e. The van der Waals surface area contributed by atoms with Gasteiger partial charge in [0.15, 0.2) is 0 Å². The van der Waals surface area contributed by atoms with E-state index in [4.69, 9.17) is 4.74 Å². The van der Waals surface area contributed by atoms with Crippen molar-refractivity contribution in [2.45, 2.75) is 44.8 Å². The second-order valence-corrected chi connectivity index (χ2v) is 4.74. The van der Waals surface area contributed by atoms with Crippen molar-refractivity contribution in [1.82, 2.24) is 0 Å². The summed E-state index contributed by atoms with van der Waals surface area (Å²) in [6, 6.07) is 0. The molecule has 0 heterocycles. The fourth-order valence-electron chi connectivity index (χ4n) is 2.23. The monoisotopic (exact) mass is 232 g/mol. The molecule has 0 spiro atoms. The maximum absolute atomic E-state index is 9.58. The van der Waals surface area contributed by atoms with Gasteiger partial charge in [-0.25, -0.2) is 0 Å². The molecular weight excluding hydrogens is 208 g/mol. The number of rotatable bonds is 6. The first-order valence-corrected chi connectivity index (χ1v) is 6.23. The number of hydrogen-bond donors (Lipinski definition) is 3. The third kappa shape index (κ3) is 4.01. The first-order chi connectivity index (χ1) is 7.69. The fourth-order valence-corrected chi connectivity index (χ4v) is 2.23. The Hall–Kier alpha value is -0.160. The molecule has 1 rings (SSSR count). The highest BCUT2D eigenvalue weighted by molar-refractivity contribution is 4.85. The zero-order chi connectivity index (χ0) is 12.0. The van der Waals surface area contributed by atoms with Crippen LogP contribution < -0.4 is 0 Å². The Bertz CT molecular complexity index is 186. The summed E-state index contributed by atoms with van der Waals surface area (Å²) in [5.74, 6) is 0.222. The first kappa shape index (κ1) is 13.9. The zero-order valence-corrected chi connectivity index (χ0v) is 10.0. The molecule has 96 valence electrons. The van der Waals surface area contributed by atoms with Crippen LogP contribution in [-0.4, -0.2) is 47.3 Å². The smallest absolute Gasteiger partial charge is 0.0802 e. The van der Waals surface area contributed by atoms with Gasteiger partial charge < -0.3 is 20.1 Å². The lowest BCUT2D eigenvalue weighted by Crippen LogP contribution is -2.41. The molecule has 4 heteroatoms. The molecular formula is C12H24O4. The average Bonchev–Trinajstić information content (AvgIpc) is 2.28. The maximum Gasteiger partial charge on any atom is 0.0802 e. The van der Waals surface area contributed by atoms with Crippen molar-refractivity contribution in [2.24, 2.45) is 11.8 Å². The Kier molecular flexibility index (Phi) is 6.28. The Morgan fingerprint density at radius 2 is 1.75 bits per heavy atom. The van der Waals surface area contributed by atoms with Crippen molar-refractivity contribution < 1.29 is 20.1 Å². The van der Waals surface area contributed by atoms with Gasteiger partial charge in [0.2, 0.25) is 0 Å². The summed E-state index contributed by atoms with van der Waals surface area (Å²) in [7, 11) is 0. The van der Waals surface area contributed by atoms with Gasteiger partial charge in [-0.15, -0.1) is 0 Å². The Morgan fingerprint density at radius 1 is 1.12 bits per heavy atom. The van der Waals surface area contributed by atoms with Gasteiger partial charge in [0.05, 0.1) is 12.2 Å². The van der Waals surface area contributed by atoms with E-state index in [1.54, 1.807) is 0 Å². The van der Waals surface area contributed by atoms with Crippen LogP contribution in [0.3, 0.4) is 0 Å². The lowest BCUT2D eigenvalue weighted by molar-refractivity contribution is -0.0748. The minimum atomic E-state index is -0.691. The maximum atomic E-state index is 9.58. The number of aliphatic hydroxyl groups is 3. The number of aliphatic hydroxyl groups excluding tert-OH is 3. The van der Waals surface area contributed by atoms with Crippen molar-refractivity contribution in [3.63, 3.8) is 0 Å². The molecule has 4 nitrogen and oxygen atoms in total. The lowest BCUT2D eigenvalue weighted by atomic mass is 9.77. The van der Waals surface area contributed by atoms with Crippen molar-refractivity contribution in [3.8, 4) is 0 Å². The van der Waals surface area contributed by atoms with Gasteiger partial charge in [-0.1, -0.05) is 13.3 Å². The summed E-state index contributed by atoms with van der Waals surface area (Å²) in [6.07, 6.45) is 1.79.